The summed E-state index contributed by atoms with van der Waals surface area (Å²) in [7, 11) is 3.17. The Labute approximate surface area is 142 Å². The van der Waals surface area contributed by atoms with Crippen molar-refractivity contribution in [3.05, 3.63) is 53.6 Å². The zero-order valence-electron chi connectivity index (χ0n) is 14.5. The smallest absolute Gasteiger partial charge is 0.261 e. The lowest BCUT2D eigenvalue weighted by molar-refractivity contribution is -0.127. The van der Waals surface area contributed by atoms with Gasteiger partial charge in [0.05, 0.1) is 14.2 Å². The molecule has 2 rings (SSSR count). The first-order valence-electron chi connectivity index (χ1n) is 7.75. The van der Waals surface area contributed by atoms with Crippen molar-refractivity contribution >= 4 is 5.91 Å². The average Bonchev–Trinajstić information content (AvgIpc) is 2.61. The van der Waals surface area contributed by atoms with E-state index in [2.05, 4.69) is 5.32 Å². The summed E-state index contributed by atoms with van der Waals surface area (Å²) in [4.78, 5) is 12.2. The second kappa shape index (κ2) is 8.24. The number of carbonyl (C=O) groups is 1. The highest BCUT2D eigenvalue weighted by Gasteiger charge is 2.14. The van der Waals surface area contributed by atoms with E-state index in [0.29, 0.717) is 23.8 Å². The second-order valence-corrected chi connectivity index (χ2v) is 5.48. The molecule has 0 aromatic heterocycles. The summed E-state index contributed by atoms with van der Waals surface area (Å²) >= 11 is 0. The first-order valence-corrected chi connectivity index (χ1v) is 7.75. The molecule has 1 N–H and O–H groups in total. The van der Waals surface area contributed by atoms with Crippen LogP contribution in [0.3, 0.4) is 0 Å². The van der Waals surface area contributed by atoms with Crippen LogP contribution in [0.4, 0.5) is 0 Å². The third-order valence-electron chi connectivity index (χ3n) is 3.62. The van der Waals surface area contributed by atoms with Crippen LogP contribution in [-0.2, 0) is 11.3 Å². The van der Waals surface area contributed by atoms with Crippen molar-refractivity contribution in [2.75, 3.05) is 14.2 Å². The maximum atomic E-state index is 12.2. The predicted molar refractivity (Wildman–Crippen MR) is 92.7 cm³/mol. The van der Waals surface area contributed by atoms with Crippen molar-refractivity contribution < 1.29 is 19.0 Å². The predicted octanol–water partition coefficient (Wildman–Crippen LogP) is 3.10. The molecule has 0 saturated heterocycles. The van der Waals surface area contributed by atoms with Gasteiger partial charge in [-0.05, 0) is 43.7 Å². The van der Waals surface area contributed by atoms with Gasteiger partial charge < -0.3 is 19.5 Å². The van der Waals surface area contributed by atoms with Crippen LogP contribution in [0, 0.1) is 6.92 Å². The van der Waals surface area contributed by atoms with E-state index in [4.69, 9.17) is 14.2 Å². The number of hydrogen-bond donors (Lipinski definition) is 1. The van der Waals surface area contributed by atoms with Crippen molar-refractivity contribution in [2.45, 2.75) is 26.5 Å². The van der Waals surface area contributed by atoms with E-state index < -0.39 is 6.10 Å². The topological polar surface area (TPSA) is 56.8 Å². The van der Waals surface area contributed by atoms with E-state index in [1.54, 1.807) is 21.1 Å². The van der Waals surface area contributed by atoms with Gasteiger partial charge in [0.1, 0.15) is 5.75 Å². The number of ether oxygens (including phenoxy) is 3. The molecule has 0 saturated carbocycles. The summed E-state index contributed by atoms with van der Waals surface area (Å²) in [6, 6.07) is 13.1. The highest BCUT2D eigenvalue weighted by molar-refractivity contribution is 5.80. The van der Waals surface area contributed by atoms with Crippen LogP contribution in [-0.4, -0.2) is 26.2 Å². The maximum absolute atomic E-state index is 12.2. The standard InChI is InChI=1S/C19H23NO4/c1-13-5-8-16(9-6-13)24-14(2)19(21)20-12-15-7-10-17(22-3)18(11-15)23-4/h5-11,14H,12H2,1-4H3,(H,20,21). The van der Waals surface area contributed by atoms with Crippen molar-refractivity contribution in [2.24, 2.45) is 0 Å². The second-order valence-electron chi connectivity index (χ2n) is 5.48. The molecule has 1 atom stereocenters. The lowest BCUT2D eigenvalue weighted by atomic mass is 10.2. The van der Waals surface area contributed by atoms with Gasteiger partial charge in [-0.2, -0.15) is 0 Å². The molecule has 0 heterocycles. The van der Waals surface area contributed by atoms with Gasteiger partial charge in [0, 0.05) is 6.54 Å². The molecule has 0 bridgehead atoms. The van der Waals surface area contributed by atoms with Crippen molar-refractivity contribution in [1.82, 2.24) is 5.32 Å². The zero-order valence-corrected chi connectivity index (χ0v) is 14.5. The number of hydrogen-bond acceptors (Lipinski definition) is 4. The van der Waals surface area contributed by atoms with Crippen LogP contribution < -0.4 is 19.5 Å². The summed E-state index contributed by atoms with van der Waals surface area (Å²) in [5.74, 6) is 1.79. The van der Waals surface area contributed by atoms with Gasteiger partial charge in [0.15, 0.2) is 17.6 Å². The van der Waals surface area contributed by atoms with Crippen LogP contribution in [0.25, 0.3) is 0 Å². The molecule has 1 amide bonds. The molecule has 5 heteroatoms. The van der Waals surface area contributed by atoms with E-state index in [0.717, 1.165) is 11.1 Å². The minimum absolute atomic E-state index is 0.176. The lowest BCUT2D eigenvalue weighted by Crippen LogP contribution is -2.35. The Hall–Kier alpha value is -2.69. The largest absolute Gasteiger partial charge is 0.493 e. The van der Waals surface area contributed by atoms with Crippen molar-refractivity contribution in [3.63, 3.8) is 0 Å². The lowest BCUT2D eigenvalue weighted by Gasteiger charge is -2.15. The van der Waals surface area contributed by atoms with Crippen molar-refractivity contribution in [3.8, 4) is 17.2 Å². The summed E-state index contributed by atoms with van der Waals surface area (Å²) in [5, 5.41) is 2.86. The number of amides is 1. The van der Waals surface area contributed by atoms with Crippen LogP contribution in [0.2, 0.25) is 0 Å². The van der Waals surface area contributed by atoms with Gasteiger partial charge in [0.25, 0.3) is 5.91 Å². The minimum atomic E-state index is -0.576. The number of nitrogens with one attached hydrogen (secondary N) is 1. The Morgan fingerprint density at radius 1 is 1.04 bits per heavy atom. The SMILES string of the molecule is COc1ccc(CNC(=O)C(C)Oc2ccc(C)cc2)cc1OC. The molecule has 0 aliphatic carbocycles. The molecule has 128 valence electrons. The number of methoxy groups -OCH3 is 2. The normalized spacial score (nSPS) is 11.5. The monoisotopic (exact) mass is 329 g/mol. The summed E-state index contributed by atoms with van der Waals surface area (Å²) in [5.41, 5.74) is 2.07. The van der Waals surface area contributed by atoms with E-state index in [9.17, 15) is 4.79 Å². The van der Waals surface area contributed by atoms with Gasteiger partial charge in [-0.15, -0.1) is 0 Å². The summed E-state index contributed by atoms with van der Waals surface area (Å²) in [6.45, 7) is 4.12. The third kappa shape index (κ3) is 4.65. The highest BCUT2D eigenvalue weighted by atomic mass is 16.5. The molecular formula is C19H23NO4. The summed E-state index contributed by atoms with van der Waals surface area (Å²) in [6.07, 6.45) is -0.576. The quantitative estimate of drug-likeness (QED) is 0.848. The van der Waals surface area contributed by atoms with E-state index in [1.807, 2.05) is 49.4 Å². The molecule has 1 unspecified atom stereocenters. The Bertz CT molecular complexity index is 682. The minimum Gasteiger partial charge on any atom is -0.493 e. The average molecular weight is 329 g/mol. The molecule has 0 aliphatic heterocycles. The molecule has 0 spiro atoms. The van der Waals surface area contributed by atoms with Gasteiger partial charge in [0.2, 0.25) is 0 Å². The number of aryl methyl sites for hydroxylation is 1. The maximum Gasteiger partial charge on any atom is 0.261 e. The van der Waals surface area contributed by atoms with Crippen LogP contribution in [0.5, 0.6) is 17.2 Å². The van der Waals surface area contributed by atoms with Crippen LogP contribution in [0.1, 0.15) is 18.1 Å². The molecule has 5 nitrogen and oxygen atoms in total. The fraction of sp³-hybridized carbons (Fsp3) is 0.316. The van der Waals surface area contributed by atoms with Gasteiger partial charge in [-0.3, -0.25) is 4.79 Å². The molecule has 2 aromatic rings. The zero-order chi connectivity index (χ0) is 17.5. The Kier molecular flexibility index (Phi) is 6.07. The summed E-state index contributed by atoms with van der Waals surface area (Å²) < 4.78 is 16.1. The van der Waals surface area contributed by atoms with Crippen LogP contribution in [0.15, 0.2) is 42.5 Å². The van der Waals surface area contributed by atoms with Gasteiger partial charge in [-0.25, -0.2) is 0 Å². The van der Waals surface area contributed by atoms with Crippen molar-refractivity contribution in [1.29, 1.82) is 0 Å². The first-order chi connectivity index (χ1) is 11.5. The Morgan fingerprint density at radius 2 is 1.71 bits per heavy atom. The highest BCUT2D eigenvalue weighted by Crippen LogP contribution is 2.27. The van der Waals surface area contributed by atoms with E-state index in [1.165, 1.54) is 0 Å². The molecule has 0 fully saturated rings. The fourth-order valence-corrected chi connectivity index (χ4v) is 2.20. The fourth-order valence-electron chi connectivity index (χ4n) is 2.20. The van der Waals surface area contributed by atoms with Gasteiger partial charge in [-0.1, -0.05) is 23.8 Å². The number of carbonyl (C=O) groups excluding carboxylic acids is 1. The number of rotatable bonds is 7. The molecule has 2 aromatic carbocycles. The Balaban J connectivity index is 1.91. The molecule has 0 aliphatic rings. The van der Waals surface area contributed by atoms with E-state index >= 15 is 0 Å². The van der Waals surface area contributed by atoms with Crippen LogP contribution >= 0.6 is 0 Å². The molecule has 0 radical (unpaired) electrons. The molecule has 24 heavy (non-hydrogen) atoms. The first kappa shape index (κ1) is 17.7. The Morgan fingerprint density at radius 3 is 2.33 bits per heavy atom. The third-order valence-corrected chi connectivity index (χ3v) is 3.62. The van der Waals surface area contributed by atoms with Gasteiger partial charge >= 0.3 is 0 Å². The number of benzene rings is 2. The molecular weight excluding hydrogens is 306 g/mol. The van der Waals surface area contributed by atoms with E-state index in [-0.39, 0.29) is 5.91 Å².